The van der Waals surface area contributed by atoms with Crippen LogP contribution in [0.4, 0.5) is 11.4 Å². The maximum atomic E-state index is 2.44. The minimum absolute atomic E-state index is 1.23. The fraction of sp³-hybridized carbons (Fsp3) is 0.278. The number of para-hydroxylation sites is 2. The number of anilines is 2. The Hall–Kier alpha value is -1.76. The van der Waals surface area contributed by atoms with Gasteiger partial charge >= 0.3 is 0 Å². The first-order chi connectivity index (χ1) is 9.45. The Morgan fingerprint density at radius 2 is 1.05 bits per heavy atom. The van der Waals surface area contributed by atoms with E-state index in [9.17, 15) is 0 Å². The van der Waals surface area contributed by atoms with E-state index < -0.39 is 0 Å². The second-order valence-electron chi connectivity index (χ2n) is 5.13. The molecule has 0 spiro atoms. The molecule has 1 heteroatoms. The second-order valence-corrected chi connectivity index (χ2v) is 5.13. The summed E-state index contributed by atoms with van der Waals surface area (Å²) in [5, 5.41) is 0. The lowest BCUT2D eigenvalue weighted by atomic mass is 9.93. The van der Waals surface area contributed by atoms with E-state index in [1.807, 2.05) is 0 Å². The van der Waals surface area contributed by atoms with E-state index in [0.717, 1.165) is 0 Å². The van der Waals surface area contributed by atoms with Crippen molar-refractivity contribution < 1.29 is 0 Å². The van der Waals surface area contributed by atoms with Gasteiger partial charge in [0, 0.05) is 11.4 Å². The fourth-order valence-electron chi connectivity index (χ4n) is 2.85. The van der Waals surface area contributed by atoms with Crippen molar-refractivity contribution in [2.24, 2.45) is 0 Å². The third-order valence-corrected chi connectivity index (χ3v) is 3.78. The van der Waals surface area contributed by atoms with Gasteiger partial charge in [-0.15, -0.1) is 0 Å². The van der Waals surface area contributed by atoms with Gasteiger partial charge in [-0.25, -0.2) is 0 Å². The lowest BCUT2D eigenvalue weighted by Crippen LogP contribution is -2.25. The zero-order valence-electron chi connectivity index (χ0n) is 11.3. The third kappa shape index (κ3) is 2.81. The molecule has 0 atom stereocenters. The summed E-state index contributed by atoms with van der Waals surface area (Å²) >= 11 is 0. The molecule has 1 nitrogen and oxygen atoms in total. The molecule has 1 radical (unpaired) electrons. The largest absolute Gasteiger partial charge is 0.333 e. The van der Waals surface area contributed by atoms with Crippen LogP contribution in [0.3, 0.4) is 0 Å². The van der Waals surface area contributed by atoms with Crippen LogP contribution in [0.15, 0.2) is 60.7 Å². The first kappa shape index (κ1) is 12.3. The van der Waals surface area contributed by atoms with Crippen molar-refractivity contribution >= 4 is 11.4 Å². The Balaban J connectivity index is 1.96. The SMILES string of the molecule is c1ccc(N([C]2CCCCC2)c2ccccc2)cc1. The number of benzene rings is 2. The first-order valence-electron chi connectivity index (χ1n) is 7.20. The van der Waals surface area contributed by atoms with E-state index in [0.29, 0.717) is 0 Å². The Bertz CT molecular complexity index is 446. The summed E-state index contributed by atoms with van der Waals surface area (Å²) in [5.41, 5.74) is 2.57. The van der Waals surface area contributed by atoms with Crippen LogP contribution in [0, 0.1) is 6.04 Å². The average molecular weight is 250 g/mol. The molecular weight excluding hydrogens is 230 g/mol. The van der Waals surface area contributed by atoms with E-state index in [2.05, 4.69) is 65.6 Å². The summed E-state index contributed by atoms with van der Waals surface area (Å²) in [6.45, 7) is 0. The van der Waals surface area contributed by atoms with Crippen molar-refractivity contribution in [3.8, 4) is 0 Å². The highest BCUT2D eigenvalue weighted by atomic mass is 15.2. The maximum absolute atomic E-state index is 2.44. The van der Waals surface area contributed by atoms with Gasteiger partial charge in [0.25, 0.3) is 0 Å². The summed E-state index contributed by atoms with van der Waals surface area (Å²) in [6.07, 6.45) is 6.48. The van der Waals surface area contributed by atoms with Gasteiger partial charge in [-0.2, -0.15) is 0 Å². The standard InChI is InChI=1S/C18H20N/c1-4-10-16(11-5-1)19(17-12-6-2-7-13-17)18-14-8-3-9-15-18/h1-2,4-7,10-13H,3,8-9,14-15H2. The van der Waals surface area contributed by atoms with Crippen molar-refractivity contribution in [3.63, 3.8) is 0 Å². The van der Waals surface area contributed by atoms with E-state index >= 15 is 0 Å². The van der Waals surface area contributed by atoms with Crippen molar-refractivity contribution in [2.75, 3.05) is 4.90 Å². The molecule has 3 rings (SSSR count). The minimum Gasteiger partial charge on any atom is -0.333 e. The van der Waals surface area contributed by atoms with Crippen molar-refractivity contribution in [1.29, 1.82) is 0 Å². The van der Waals surface area contributed by atoms with Gasteiger partial charge in [-0.05, 0) is 37.1 Å². The van der Waals surface area contributed by atoms with Crippen LogP contribution in [0.5, 0.6) is 0 Å². The van der Waals surface area contributed by atoms with E-state index in [4.69, 9.17) is 0 Å². The zero-order valence-corrected chi connectivity index (χ0v) is 11.3. The molecule has 0 aromatic heterocycles. The smallest absolute Gasteiger partial charge is 0.0686 e. The number of rotatable bonds is 3. The van der Waals surface area contributed by atoms with Crippen LogP contribution in [0.2, 0.25) is 0 Å². The van der Waals surface area contributed by atoms with Gasteiger partial charge in [0.1, 0.15) is 0 Å². The molecule has 1 fully saturated rings. The van der Waals surface area contributed by atoms with Gasteiger partial charge in [-0.1, -0.05) is 55.7 Å². The van der Waals surface area contributed by atoms with Crippen LogP contribution < -0.4 is 4.90 Å². The van der Waals surface area contributed by atoms with Crippen molar-refractivity contribution in [1.82, 2.24) is 0 Å². The number of hydrogen-bond donors (Lipinski definition) is 0. The van der Waals surface area contributed by atoms with Crippen molar-refractivity contribution in [2.45, 2.75) is 32.1 Å². The molecule has 0 saturated heterocycles. The van der Waals surface area contributed by atoms with E-state index in [1.165, 1.54) is 43.5 Å². The molecule has 97 valence electrons. The van der Waals surface area contributed by atoms with Gasteiger partial charge in [0.05, 0.1) is 6.04 Å². The molecule has 1 aliphatic rings. The Kier molecular flexibility index (Phi) is 3.83. The first-order valence-corrected chi connectivity index (χ1v) is 7.20. The Morgan fingerprint density at radius 3 is 1.53 bits per heavy atom. The summed E-state index contributed by atoms with van der Waals surface area (Å²) < 4.78 is 0. The van der Waals surface area contributed by atoms with Crippen LogP contribution >= 0.6 is 0 Å². The quantitative estimate of drug-likeness (QED) is 0.712. The molecule has 0 heterocycles. The highest BCUT2D eigenvalue weighted by Gasteiger charge is 2.23. The molecule has 1 aliphatic carbocycles. The van der Waals surface area contributed by atoms with Gasteiger partial charge in [0.15, 0.2) is 0 Å². The topological polar surface area (TPSA) is 3.24 Å². The number of hydrogen-bond acceptors (Lipinski definition) is 1. The Labute approximate surface area is 115 Å². The molecule has 0 N–H and O–H groups in total. The predicted octanol–water partition coefficient (Wildman–Crippen LogP) is 5.32. The second kappa shape index (κ2) is 5.92. The van der Waals surface area contributed by atoms with E-state index in [-0.39, 0.29) is 0 Å². The van der Waals surface area contributed by atoms with Gasteiger partial charge in [-0.3, -0.25) is 0 Å². The lowest BCUT2D eigenvalue weighted by Gasteiger charge is -2.35. The monoisotopic (exact) mass is 250 g/mol. The third-order valence-electron chi connectivity index (χ3n) is 3.78. The van der Waals surface area contributed by atoms with Gasteiger partial charge < -0.3 is 4.90 Å². The molecule has 19 heavy (non-hydrogen) atoms. The maximum Gasteiger partial charge on any atom is 0.0686 e. The zero-order chi connectivity index (χ0) is 12.9. The lowest BCUT2D eigenvalue weighted by molar-refractivity contribution is 0.524. The molecular formula is C18H20N. The van der Waals surface area contributed by atoms with Crippen LogP contribution in [0.1, 0.15) is 32.1 Å². The summed E-state index contributed by atoms with van der Waals surface area (Å²) in [7, 11) is 0. The minimum atomic E-state index is 1.23. The van der Waals surface area contributed by atoms with Crippen LogP contribution in [-0.4, -0.2) is 0 Å². The Morgan fingerprint density at radius 1 is 0.579 bits per heavy atom. The van der Waals surface area contributed by atoms with Crippen LogP contribution in [-0.2, 0) is 0 Å². The molecule has 0 bridgehead atoms. The predicted molar refractivity (Wildman–Crippen MR) is 81.4 cm³/mol. The highest BCUT2D eigenvalue weighted by molar-refractivity contribution is 5.66. The molecule has 0 amide bonds. The molecule has 1 saturated carbocycles. The normalized spacial score (nSPS) is 16.2. The summed E-state index contributed by atoms with van der Waals surface area (Å²) in [5.74, 6) is 0. The fourth-order valence-corrected chi connectivity index (χ4v) is 2.85. The summed E-state index contributed by atoms with van der Waals surface area (Å²) in [6, 6.07) is 23.0. The van der Waals surface area contributed by atoms with Gasteiger partial charge in [0.2, 0.25) is 0 Å². The highest BCUT2D eigenvalue weighted by Crippen LogP contribution is 2.38. The molecule has 0 unspecified atom stereocenters. The molecule has 2 aromatic rings. The summed E-state index contributed by atoms with van der Waals surface area (Å²) in [4.78, 5) is 2.44. The van der Waals surface area contributed by atoms with Crippen LogP contribution in [0.25, 0.3) is 0 Å². The molecule has 0 aliphatic heterocycles. The molecule has 2 aromatic carbocycles. The average Bonchev–Trinajstić information content (AvgIpc) is 2.51. The van der Waals surface area contributed by atoms with Crippen molar-refractivity contribution in [3.05, 3.63) is 66.7 Å². The van der Waals surface area contributed by atoms with E-state index in [1.54, 1.807) is 6.04 Å². The number of nitrogens with zero attached hydrogens (tertiary/aromatic N) is 1.